The average molecular weight is 461 g/mol. The van der Waals surface area contributed by atoms with Gasteiger partial charge in [0, 0.05) is 20.3 Å². The van der Waals surface area contributed by atoms with Gasteiger partial charge in [-0.3, -0.25) is 24.0 Å². The molecule has 15 nitrogen and oxygen atoms in total. The van der Waals surface area contributed by atoms with Gasteiger partial charge in [0.05, 0.1) is 12.8 Å². The minimum absolute atomic E-state index is 0.430. The number of ether oxygens (including phenoxy) is 2. The van der Waals surface area contributed by atoms with Gasteiger partial charge in [-0.25, -0.2) is 14.4 Å². The molecule has 0 aromatic carbocycles. The minimum Gasteiger partial charge on any atom is -0.480 e. The fourth-order valence-corrected chi connectivity index (χ4v) is 2.06. The molecule has 2 amide bonds. The number of rotatable bonds is 12. The summed E-state index contributed by atoms with van der Waals surface area (Å²) in [5.74, 6) is -9.50. The number of aliphatic carboxylic acids is 2. The predicted octanol–water partition coefficient (Wildman–Crippen LogP) is -2.81. The normalized spacial score (nSPS) is 13.0. The van der Waals surface area contributed by atoms with E-state index in [1.54, 1.807) is 0 Å². The van der Waals surface area contributed by atoms with E-state index >= 15 is 0 Å². The van der Waals surface area contributed by atoms with Gasteiger partial charge in [0.25, 0.3) is 0 Å². The van der Waals surface area contributed by atoms with Crippen molar-refractivity contribution in [3.8, 4) is 0 Å². The average Bonchev–Trinajstić information content (AvgIpc) is 2.63. The largest absolute Gasteiger partial charge is 0.480 e. The van der Waals surface area contributed by atoms with Crippen molar-refractivity contribution in [3.63, 3.8) is 0 Å². The highest BCUT2D eigenvalue weighted by Crippen LogP contribution is 2.04. The van der Waals surface area contributed by atoms with E-state index in [0.29, 0.717) is 0 Å². The Labute approximate surface area is 180 Å². The molecule has 0 aromatic rings. The zero-order valence-electron chi connectivity index (χ0n) is 17.1. The molecule has 0 rings (SSSR count). The predicted molar refractivity (Wildman–Crippen MR) is 99.1 cm³/mol. The maximum absolute atomic E-state index is 11.8. The summed E-state index contributed by atoms with van der Waals surface area (Å²) in [6, 6.07) is -4.75. The smallest absolute Gasteiger partial charge is 0.330 e. The Kier molecular flexibility index (Phi) is 11.8. The second kappa shape index (κ2) is 13.4. The lowest BCUT2D eigenvalue weighted by atomic mass is 10.1. The number of esters is 4. The number of carbonyl (C=O) groups is 8. The summed E-state index contributed by atoms with van der Waals surface area (Å²) < 4.78 is 8.73. The lowest BCUT2D eigenvalue weighted by molar-refractivity contribution is -0.162. The second-order valence-corrected chi connectivity index (χ2v) is 6.38. The quantitative estimate of drug-likeness (QED) is 0.146. The monoisotopic (exact) mass is 461 g/mol. The van der Waals surface area contributed by atoms with Gasteiger partial charge in [-0.05, 0) is 6.42 Å². The first-order valence-corrected chi connectivity index (χ1v) is 8.96. The number of hydrogen-bond acceptors (Lipinski definition) is 11. The van der Waals surface area contributed by atoms with Gasteiger partial charge < -0.3 is 36.1 Å². The molecule has 0 aliphatic rings. The number of hydrogen-bond donors (Lipinski definition) is 5. The molecule has 0 heterocycles. The van der Waals surface area contributed by atoms with Crippen LogP contribution >= 0.6 is 0 Å². The van der Waals surface area contributed by atoms with Crippen LogP contribution in [0.25, 0.3) is 0 Å². The molecule has 0 spiro atoms. The molecule has 15 heteroatoms. The van der Waals surface area contributed by atoms with Crippen LogP contribution in [0.5, 0.6) is 0 Å². The summed E-state index contributed by atoms with van der Waals surface area (Å²) in [5, 5.41) is 21.7. The van der Waals surface area contributed by atoms with Gasteiger partial charge in [0.2, 0.25) is 11.8 Å². The standard InChI is InChI=1S/C17H23N3O12/c1-7(21)19-10(15(26)27)5-13(24)31-12(23)4-3-9(18)17(30)32-14(25)6-11(16(28)29)20-8(2)22/h9-11H,3-6,18H2,1-2H3,(H,19,21)(H,20,22)(H,26,27)(H,28,29)/t9-,10-,11-/m0/s1. The van der Waals surface area contributed by atoms with E-state index in [1.165, 1.54) is 0 Å². The van der Waals surface area contributed by atoms with Gasteiger partial charge in [-0.1, -0.05) is 0 Å². The van der Waals surface area contributed by atoms with Crippen LogP contribution in [-0.4, -0.2) is 76.0 Å². The van der Waals surface area contributed by atoms with E-state index in [2.05, 4.69) is 9.47 Å². The van der Waals surface area contributed by atoms with E-state index in [-0.39, 0.29) is 0 Å². The first-order valence-electron chi connectivity index (χ1n) is 8.96. The number of amides is 2. The van der Waals surface area contributed by atoms with Crippen LogP contribution in [-0.2, 0) is 47.8 Å². The molecule has 6 N–H and O–H groups in total. The Hall–Kier alpha value is -3.88. The van der Waals surface area contributed by atoms with Crippen molar-refractivity contribution in [3.05, 3.63) is 0 Å². The molecule has 0 saturated heterocycles. The van der Waals surface area contributed by atoms with Crippen molar-refractivity contribution in [1.82, 2.24) is 10.6 Å². The first-order chi connectivity index (χ1) is 14.7. The van der Waals surface area contributed by atoms with Crippen LogP contribution in [0.1, 0.15) is 39.5 Å². The SMILES string of the molecule is CC(=O)N[C@@H](CC(=O)OC(=O)CC[C@H](N)C(=O)OC(=O)C[C@H](NC(C)=O)C(=O)O)C(=O)O. The van der Waals surface area contributed by atoms with Crippen molar-refractivity contribution >= 4 is 47.6 Å². The molecule has 0 unspecified atom stereocenters. The van der Waals surface area contributed by atoms with E-state index in [9.17, 15) is 38.4 Å². The van der Waals surface area contributed by atoms with E-state index < -0.39 is 91.4 Å². The highest BCUT2D eigenvalue weighted by atomic mass is 16.6. The summed E-state index contributed by atoms with van der Waals surface area (Å²) in [7, 11) is 0. The Morgan fingerprint density at radius 3 is 1.53 bits per heavy atom. The van der Waals surface area contributed by atoms with Crippen LogP contribution in [0.2, 0.25) is 0 Å². The molecule has 0 saturated carbocycles. The molecular weight excluding hydrogens is 438 g/mol. The summed E-state index contributed by atoms with van der Waals surface area (Å²) in [4.78, 5) is 90.3. The zero-order valence-corrected chi connectivity index (χ0v) is 17.1. The third-order valence-electron chi connectivity index (χ3n) is 3.50. The molecule has 0 fully saturated rings. The van der Waals surface area contributed by atoms with Crippen molar-refractivity contribution in [1.29, 1.82) is 0 Å². The number of carboxylic acid groups (broad SMARTS) is 2. The maximum atomic E-state index is 11.8. The molecule has 0 radical (unpaired) electrons. The maximum Gasteiger partial charge on any atom is 0.330 e. The molecular formula is C17H23N3O12. The molecule has 0 aliphatic heterocycles. The molecule has 178 valence electrons. The van der Waals surface area contributed by atoms with Gasteiger partial charge in [-0.2, -0.15) is 0 Å². The van der Waals surface area contributed by atoms with Crippen LogP contribution in [0, 0.1) is 0 Å². The van der Waals surface area contributed by atoms with Gasteiger partial charge in [-0.15, -0.1) is 0 Å². The van der Waals surface area contributed by atoms with E-state index in [0.717, 1.165) is 13.8 Å². The van der Waals surface area contributed by atoms with Crippen molar-refractivity contribution in [2.24, 2.45) is 5.73 Å². The molecule has 32 heavy (non-hydrogen) atoms. The van der Waals surface area contributed by atoms with Crippen LogP contribution in [0.4, 0.5) is 0 Å². The van der Waals surface area contributed by atoms with Crippen LogP contribution in [0.15, 0.2) is 0 Å². The van der Waals surface area contributed by atoms with Gasteiger partial charge in [0.15, 0.2) is 0 Å². The van der Waals surface area contributed by atoms with Crippen molar-refractivity contribution < 1.29 is 58.0 Å². The van der Waals surface area contributed by atoms with Gasteiger partial charge in [0.1, 0.15) is 18.1 Å². The zero-order chi connectivity index (χ0) is 25.0. The Bertz CT molecular complexity index is 794. The van der Waals surface area contributed by atoms with Crippen LogP contribution in [0.3, 0.4) is 0 Å². The molecule has 0 bridgehead atoms. The van der Waals surface area contributed by atoms with Crippen LogP contribution < -0.4 is 16.4 Å². The third kappa shape index (κ3) is 12.0. The summed E-state index contributed by atoms with van der Waals surface area (Å²) in [5.41, 5.74) is 5.46. The second-order valence-electron chi connectivity index (χ2n) is 6.38. The molecule has 0 aliphatic carbocycles. The molecule has 0 aromatic heterocycles. The van der Waals surface area contributed by atoms with Gasteiger partial charge >= 0.3 is 35.8 Å². The Morgan fingerprint density at radius 2 is 1.16 bits per heavy atom. The van der Waals surface area contributed by atoms with E-state index in [4.69, 9.17) is 15.9 Å². The topological polar surface area (TPSA) is 246 Å². The first kappa shape index (κ1) is 28.1. The fourth-order valence-electron chi connectivity index (χ4n) is 2.06. The Morgan fingerprint density at radius 1 is 0.750 bits per heavy atom. The molecule has 3 atom stereocenters. The lowest BCUT2D eigenvalue weighted by Gasteiger charge is -2.14. The van der Waals surface area contributed by atoms with E-state index in [1.807, 2.05) is 10.6 Å². The van der Waals surface area contributed by atoms with Crippen molar-refractivity contribution in [2.45, 2.75) is 57.7 Å². The highest BCUT2D eigenvalue weighted by molar-refractivity contribution is 5.93. The number of nitrogens with one attached hydrogen (secondary N) is 2. The number of nitrogens with two attached hydrogens (primary N) is 1. The summed E-state index contributed by atoms with van der Waals surface area (Å²) >= 11 is 0. The highest BCUT2D eigenvalue weighted by Gasteiger charge is 2.27. The number of carboxylic acids is 2. The summed E-state index contributed by atoms with van der Waals surface area (Å²) in [6.45, 7) is 2.05. The number of carbonyl (C=O) groups excluding carboxylic acids is 6. The minimum atomic E-state index is -1.63. The van der Waals surface area contributed by atoms with Crippen molar-refractivity contribution in [2.75, 3.05) is 0 Å². The summed E-state index contributed by atoms with van der Waals surface area (Å²) in [6.07, 6.45) is -2.71. The lowest BCUT2D eigenvalue weighted by Crippen LogP contribution is -2.42. The Balaban J connectivity index is 4.54. The fraction of sp³-hybridized carbons (Fsp3) is 0.529. The third-order valence-corrected chi connectivity index (χ3v) is 3.50.